The standard InChI is InChI=1S/C27H22ClN5O3.C5H11N.C5H8O.C2H6/c1-3-26(34)33-23-12-20-22(13-25(23)35-4-2)31-15-17(14-29)27(20)32-18-8-9-24(21(28)11-18)36-16-19-7-5-6-10-30-19;1-6-4-2-3-5-6;1-3-4-5(2)6;1-2/h3,5-13,15H,1,4,16H2,2H3,(H,31,32)(H,33,34);2-5H2,1H3;3-4H,1-2H3;1-2H3/b;;4-3-;. The number of nitriles is 1. The molecule has 0 bridgehead atoms. The number of nitrogens with zero attached hydrogens (tertiary/aromatic N) is 4. The second-order valence-corrected chi connectivity index (χ2v) is 11.1. The molecule has 0 radical (unpaired) electrons. The number of rotatable bonds is 10. The second kappa shape index (κ2) is 22.4. The summed E-state index contributed by atoms with van der Waals surface area (Å²) in [6, 6.07) is 16.4. The number of ether oxygens (including phenoxy) is 2. The molecule has 0 unspecified atom stereocenters. The zero-order valence-corrected chi connectivity index (χ0v) is 30.5. The minimum absolute atomic E-state index is 0.109. The first-order valence-electron chi connectivity index (χ1n) is 16.5. The Bertz CT molecular complexity index is 1770. The zero-order chi connectivity index (χ0) is 36.9. The van der Waals surface area contributed by atoms with Crippen molar-refractivity contribution in [3.63, 3.8) is 0 Å². The molecule has 1 amide bonds. The first-order valence-corrected chi connectivity index (χ1v) is 16.9. The third-order valence-corrected chi connectivity index (χ3v) is 7.16. The van der Waals surface area contributed by atoms with Crippen LogP contribution in [-0.2, 0) is 16.2 Å². The van der Waals surface area contributed by atoms with Crippen LogP contribution >= 0.6 is 11.6 Å². The Morgan fingerprint density at radius 1 is 1.08 bits per heavy atom. The fourth-order valence-corrected chi connectivity index (χ4v) is 4.82. The first-order chi connectivity index (χ1) is 24.2. The van der Waals surface area contributed by atoms with Crippen molar-refractivity contribution in [3.8, 4) is 17.6 Å². The van der Waals surface area contributed by atoms with Crippen LogP contribution in [0, 0.1) is 11.3 Å². The fourth-order valence-electron chi connectivity index (χ4n) is 4.58. The van der Waals surface area contributed by atoms with Crippen LogP contribution in [0.3, 0.4) is 0 Å². The molecule has 3 heterocycles. The number of carbonyl (C=O) groups is 2. The summed E-state index contributed by atoms with van der Waals surface area (Å²) in [7, 11) is 2.17. The normalized spacial score (nSPS) is 11.8. The van der Waals surface area contributed by atoms with Crippen LogP contribution in [0.1, 0.15) is 58.7 Å². The molecule has 0 spiro atoms. The number of likely N-dealkylation sites (tertiary alicyclic amines) is 1. The fraction of sp³-hybridized carbons (Fsp3) is 0.308. The van der Waals surface area contributed by atoms with Gasteiger partial charge in [-0.2, -0.15) is 5.26 Å². The molecule has 10 nitrogen and oxygen atoms in total. The van der Waals surface area contributed by atoms with Crippen LogP contribution in [0.4, 0.5) is 17.1 Å². The minimum Gasteiger partial charge on any atom is -0.492 e. The number of ketones is 1. The van der Waals surface area contributed by atoms with Gasteiger partial charge in [0, 0.05) is 29.5 Å². The van der Waals surface area contributed by atoms with Crippen molar-refractivity contribution in [2.24, 2.45) is 0 Å². The number of anilines is 3. The molecule has 1 aliphatic rings. The molecule has 1 saturated heterocycles. The molecule has 50 heavy (non-hydrogen) atoms. The molecule has 11 heteroatoms. The van der Waals surface area contributed by atoms with E-state index in [2.05, 4.69) is 45.2 Å². The number of nitrogens with one attached hydrogen (secondary N) is 2. The van der Waals surface area contributed by atoms with E-state index in [1.54, 1.807) is 42.6 Å². The summed E-state index contributed by atoms with van der Waals surface area (Å²) < 4.78 is 11.5. The van der Waals surface area contributed by atoms with E-state index < -0.39 is 0 Å². The Morgan fingerprint density at radius 3 is 2.34 bits per heavy atom. The number of aromatic nitrogens is 2. The molecule has 1 fully saturated rings. The SMILES string of the molecule is C/C=C\C(C)=O.C=CC(=O)Nc1cc2c(Nc3ccc(OCc4ccccn4)c(Cl)c3)c(C#N)cnc2cc1OCC.CC.CN1CCCC1. The summed E-state index contributed by atoms with van der Waals surface area (Å²) in [4.78, 5) is 32.9. The van der Waals surface area contributed by atoms with Crippen molar-refractivity contribution < 1.29 is 19.1 Å². The highest BCUT2D eigenvalue weighted by Crippen LogP contribution is 2.37. The predicted molar refractivity (Wildman–Crippen MR) is 203 cm³/mol. The highest BCUT2D eigenvalue weighted by atomic mass is 35.5. The number of hydrogen-bond acceptors (Lipinski definition) is 9. The number of hydrogen-bond donors (Lipinski definition) is 2. The van der Waals surface area contributed by atoms with Crippen LogP contribution < -0.4 is 20.1 Å². The van der Waals surface area contributed by atoms with Gasteiger partial charge in [-0.05, 0) is 102 Å². The minimum atomic E-state index is -0.387. The Balaban J connectivity index is 0.000000520. The molecule has 0 atom stereocenters. The van der Waals surface area contributed by atoms with E-state index in [1.807, 2.05) is 45.9 Å². The summed E-state index contributed by atoms with van der Waals surface area (Å²) in [6.07, 6.45) is 10.4. The molecule has 4 aromatic rings. The average molecular weight is 699 g/mol. The Morgan fingerprint density at radius 2 is 1.82 bits per heavy atom. The number of carbonyl (C=O) groups excluding carboxylic acids is 2. The summed E-state index contributed by atoms with van der Waals surface area (Å²) >= 11 is 6.47. The van der Waals surface area contributed by atoms with Gasteiger partial charge in [0.1, 0.15) is 24.2 Å². The lowest BCUT2D eigenvalue weighted by Gasteiger charge is -2.16. The van der Waals surface area contributed by atoms with E-state index in [0.29, 0.717) is 56.7 Å². The third kappa shape index (κ3) is 13.3. The molecule has 2 aromatic carbocycles. The summed E-state index contributed by atoms with van der Waals surface area (Å²) in [5, 5.41) is 16.8. The number of amides is 1. The maximum Gasteiger partial charge on any atom is 0.247 e. The monoisotopic (exact) mass is 698 g/mol. The van der Waals surface area contributed by atoms with Crippen molar-refractivity contribution in [1.82, 2.24) is 14.9 Å². The van der Waals surface area contributed by atoms with Crippen molar-refractivity contribution in [2.75, 3.05) is 37.4 Å². The first kappa shape index (κ1) is 40.9. The van der Waals surface area contributed by atoms with Gasteiger partial charge in [0.15, 0.2) is 5.78 Å². The molecule has 2 N–H and O–H groups in total. The third-order valence-electron chi connectivity index (χ3n) is 6.87. The van der Waals surface area contributed by atoms with Gasteiger partial charge in [-0.3, -0.25) is 19.6 Å². The number of pyridine rings is 2. The molecule has 2 aromatic heterocycles. The number of fused-ring (bicyclic) bond motifs is 1. The van der Waals surface area contributed by atoms with E-state index in [9.17, 15) is 14.9 Å². The van der Waals surface area contributed by atoms with Crippen molar-refractivity contribution in [3.05, 3.63) is 102 Å². The molecular weight excluding hydrogens is 652 g/mol. The Labute approximate surface area is 300 Å². The number of halogens is 1. The van der Waals surface area contributed by atoms with E-state index in [4.69, 9.17) is 21.1 Å². The van der Waals surface area contributed by atoms with Crippen LogP contribution in [0.25, 0.3) is 10.9 Å². The molecule has 0 saturated carbocycles. The van der Waals surface area contributed by atoms with Gasteiger partial charge in [0.05, 0.1) is 39.8 Å². The van der Waals surface area contributed by atoms with Gasteiger partial charge in [-0.15, -0.1) is 0 Å². The van der Waals surface area contributed by atoms with E-state index in [0.717, 1.165) is 5.69 Å². The Kier molecular flexibility index (Phi) is 18.3. The van der Waals surface area contributed by atoms with Crippen LogP contribution in [-0.4, -0.2) is 53.3 Å². The maximum atomic E-state index is 12.0. The van der Waals surface area contributed by atoms with Gasteiger partial charge >= 0.3 is 0 Å². The van der Waals surface area contributed by atoms with Gasteiger partial charge in [-0.25, -0.2) is 0 Å². The summed E-state index contributed by atoms with van der Waals surface area (Å²) in [6.45, 7) is 16.0. The Hall–Kier alpha value is -5.24. The highest BCUT2D eigenvalue weighted by Gasteiger charge is 2.16. The highest BCUT2D eigenvalue weighted by molar-refractivity contribution is 6.32. The predicted octanol–water partition coefficient (Wildman–Crippen LogP) is 8.89. The number of benzene rings is 2. The van der Waals surface area contributed by atoms with E-state index >= 15 is 0 Å². The van der Waals surface area contributed by atoms with Gasteiger partial charge in [0.2, 0.25) is 5.91 Å². The quantitative estimate of drug-likeness (QED) is 0.156. The molecule has 0 aliphatic carbocycles. The van der Waals surface area contributed by atoms with Gasteiger partial charge in [-0.1, -0.05) is 44.2 Å². The van der Waals surface area contributed by atoms with Crippen molar-refractivity contribution in [2.45, 2.75) is 54.1 Å². The topological polar surface area (TPSA) is 129 Å². The lowest BCUT2D eigenvalue weighted by molar-refractivity contribution is -0.113. The average Bonchev–Trinajstić information content (AvgIpc) is 3.61. The molecule has 264 valence electrons. The van der Waals surface area contributed by atoms with Crippen LogP contribution in [0.5, 0.6) is 11.5 Å². The van der Waals surface area contributed by atoms with Crippen LogP contribution in [0.2, 0.25) is 5.02 Å². The maximum absolute atomic E-state index is 12.0. The van der Waals surface area contributed by atoms with Gasteiger partial charge in [0.25, 0.3) is 0 Å². The van der Waals surface area contributed by atoms with Crippen LogP contribution in [0.15, 0.2) is 85.7 Å². The van der Waals surface area contributed by atoms with E-state index in [1.165, 1.54) is 51.2 Å². The largest absolute Gasteiger partial charge is 0.492 e. The smallest absolute Gasteiger partial charge is 0.247 e. The lowest BCUT2D eigenvalue weighted by atomic mass is 10.1. The van der Waals surface area contributed by atoms with Crippen molar-refractivity contribution in [1.29, 1.82) is 5.26 Å². The van der Waals surface area contributed by atoms with E-state index in [-0.39, 0.29) is 18.3 Å². The summed E-state index contributed by atoms with van der Waals surface area (Å²) in [5.74, 6) is 0.685. The molecule has 5 rings (SSSR count). The molecular formula is C39H47ClN6O4. The number of allylic oxidation sites excluding steroid dienone is 2. The summed E-state index contributed by atoms with van der Waals surface area (Å²) in [5.41, 5.74) is 3.27. The molecule has 1 aliphatic heterocycles. The zero-order valence-electron chi connectivity index (χ0n) is 29.8. The van der Waals surface area contributed by atoms with Crippen molar-refractivity contribution >= 4 is 51.3 Å². The van der Waals surface area contributed by atoms with Gasteiger partial charge < -0.3 is 25.0 Å². The lowest BCUT2D eigenvalue weighted by Crippen LogP contribution is -2.10. The second-order valence-electron chi connectivity index (χ2n) is 10.7.